The first kappa shape index (κ1) is 34.8. The molecular formula is C34H28Cl2F6N2O2. The van der Waals surface area contributed by atoms with Gasteiger partial charge >= 0.3 is 12.4 Å². The number of amides is 2. The zero-order chi connectivity index (χ0) is 33.6. The number of nitrogens with one attached hydrogen (secondary N) is 1. The van der Waals surface area contributed by atoms with Crippen molar-refractivity contribution in [2.75, 3.05) is 7.05 Å². The Morgan fingerprint density at radius 3 is 1.74 bits per heavy atom. The van der Waals surface area contributed by atoms with Gasteiger partial charge in [-0.15, -0.1) is 0 Å². The number of hydrogen-bond donors (Lipinski definition) is 1. The Kier molecular flexibility index (Phi) is 11.1. The quantitative estimate of drug-likeness (QED) is 0.170. The van der Waals surface area contributed by atoms with Gasteiger partial charge in [-0.05, 0) is 53.4 Å². The third-order valence-corrected chi connectivity index (χ3v) is 8.23. The maximum absolute atomic E-state index is 13.8. The van der Waals surface area contributed by atoms with Gasteiger partial charge in [0.1, 0.15) is 0 Å². The fraction of sp³-hybridized carbons (Fsp3) is 0.235. The van der Waals surface area contributed by atoms with Gasteiger partial charge in [-0.2, -0.15) is 26.3 Å². The van der Waals surface area contributed by atoms with E-state index in [4.69, 9.17) is 23.2 Å². The largest absolute Gasteiger partial charge is 0.416 e. The van der Waals surface area contributed by atoms with Crippen molar-refractivity contribution in [3.8, 4) is 0 Å². The van der Waals surface area contributed by atoms with Crippen molar-refractivity contribution in [2.24, 2.45) is 0 Å². The molecule has 1 N–H and O–H groups in total. The summed E-state index contributed by atoms with van der Waals surface area (Å²) >= 11 is 12.0. The second-order valence-electron chi connectivity index (χ2n) is 10.6. The summed E-state index contributed by atoms with van der Waals surface area (Å²) in [4.78, 5) is 27.9. The minimum atomic E-state index is -5.13. The second-order valence-corrected chi connectivity index (χ2v) is 11.5. The average Bonchev–Trinajstić information content (AvgIpc) is 3.02. The first-order valence-corrected chi connectivity index (χ1v) is 14.8. The van der Waals surface area contributed by atoms with Gasteiger partial charge in [-0.3, -0.25) is 9.59 Å². The van der Waals surface area contributed by atoms with E-state index in [0.29, 0.717) is 27.7 Å². The van der Waals surface area contributed by atoms with Crippen LogP contribution < -0.4 is 5.32 Å². The number of likely N-dealkylation sites (N-methyl/N-ethyl adjacent to an activating group) is 1. The molecule has 0 aliphatic heterocycles. The van der Waals surface area contributed by atoms with E-state index in [1.54, 1.807) is 78.9 Å². The number of benzene rings is 4. The number of hydrogen-bond acceptors (Lipinski definition) is 2. The van der Waals surface area contributed by atoms with Gasteiger partial charge in [-0.25, -0.2) is 0 Å². The van der Waals surface area contributed by atoms with Crippen LogP contribution in [0.1, 0.15) is 56.9 Å². The van der Waals surface area contributed by atoms with Gasteiger partial charge in [0.15, 0.2) is 0 Å². The lowest BCUT2D eigenvalue weighted by atomic mass is 9.82. The highest BCUT2D eigenvalue weighted by molar-refractivity contribution is 6.42. The highest BCUT2D eigenvalue weighted by Crippen LogP contribution is 2.38. The smallest absolute Gasteiger partial charge is 0.352 e. The first-order valence-electron chi connectivity index (χ1n) is 14.0. The number of halogens is 8. The number of carbonyl (C=O) groups excluding carboxylic acids is 2. The molecule has 1 atom stereocenters. The van der Waals surface area contributed by atoms with E-state index in [1.165, 1.54) is 7.05 Å². The third-order valence-electron chi connectivity index (χ3n) is 7.50. The number of alkyl halides is 6. The van der Waals surface area contributed by atoms with Crippen molar-refractivity contribution in [1.29, 1.82) is 0 Å². The molecular weight excluding hydrogens is 653 g/mol. The molecule has 0 radical (unpaired) electrons. The Bertz CT molecular complexity index is 1590. The van der Waals surface area contributed by atoms with Crippen LogP contribution in [0.25, 0.3) is 0 Å². The molecule has 1 unspecified atom stereocenters. The lowest BCUT2D eigenvalue weighted by Crippen LogP contribution is -2.42. The van der Waals surface area contributed by atoms with Crippen molar-refractivity contribution in [2.45, 2.75) is 43.7 Å². The van der Waals surface area contributed by atoms with E-state index in [2.05, 4.69) is 5.32 Å². The Labute approximate surface area is 271 Å². The minimum Gasteiger partial charge on any atom is -0.352 e. The Morgan fingerprint density at radius 2 is 1.26 bits per heavy atom. The highest BCUT2D eigenvalue weighted by Gasteiger charge is 2.39. The summed E-state index contributed by atoms with van der Waals surface area (Å²) in [5.74, 6) is -2.04. The summed E-state index contributed by atoms with van der Waals surface area (Å²) in [6.45, 7) is 0.125. The molecule has 4 rings (SSSR count). The van der Waals surface area contributed by atoms with Gasteiger partial charge in [0, 0.05) is 37.5 Å². The second kappa shape index (κ2) is 14.6. The van der Waals surface area contributed by atoms with Gasteiger partial charge in [-0.1, -0.05) is 89.9 Å². The maximum Gasteiger partial charge on any atom is 0.416 e. The zero-order valence-electron chi connectivity index (χ0n) is 24.3. The fourth-order valence-corrected chi connectivity index (χ4v) is 5.51. The van der Waals surface area contributed by atoms with Crippen molar-refractivity contribution in [3.63, 3.8) is 0 Å². The molecule has 0 bridgehead atoms. The van der Waals surface area contributed by atoms with E-state index >= 15 is 0 Å². The molecule has 0 saturated heterocycles. The van der Waals surface area contributed by atoms with Crippen molar-refractivity contribution < 1.29 is 35.9 Å². The van der Waals surface area contributed by atoms with Gasteiger partial charge < -0.3 is 10.2 Å². The van der Waals surface area contributed by atoms with Crippen LogP contribution in [0.15, 0.2) is 97.1 Å². The molecule has 0 aliphatic carbocycles. The van der Waals surface area contributed by atoms with E-state index in [1.807, 2.05) is 0 Å². The summed E-state index contributed by atoms with van der Waals surface area (Å²) in [5.41, 5.74) is -1.83. The van der Waals surface area contributed by atoms with Crippen LogP contribution in [-0.4, -0.2) is 29.8 Å². The number of rotatable bonds is 10. The molecule has 4 aromatic rings. The highest BCUT2D eigenvalue weighted by atomic mass is 35.5. The summed E-state index contributed by atoms with van der Waals surface area (Å²) in [5, 5.41) is 3.43. The zero-order valence-corrected chi connectivity index (χ0v) is 25.8. The Morgan fingerprint density at radius 1 is 0.739 bits per heavy atom. The van der Waals surface area contributed by atoms with Crippen LogP contribution >= 0.6 is 23.2 Å². The summed E-state index contributed by atoms with van der Waals surface area (Å²) in [6.07, 6.45) is -10.3. The predicted molar refractivity (Wildman–Crippen MR) is 165 cm³/mol. The number of carbonyl (C=O) groups is 2. The summed E-state index contributed by atoms with van der Waals surface area (Å²) < 4.78 is 81.8. The third kappa shape index (κ3) is 8.82. The predicted octanol–water partition coefficient (Wildman–Crippen LogP) is 9.40. The Balaban J connectivity index is 1.70. The van der Waals surface area contributed by atoms with E-state index in [0.717, 1.165) is 16.0 Å². The molecule has 0 fully saturated rings. The molecule has 0 spiro atoms. The topological polar surface area (TPSA) is 49.4 Å². The maximum atomic E-state index is 13.8. The molecule has 242 valence electrons. The van der Waals surface area contributed by atoms with Crippen molar-refractivity contribution in [3.05, 3.63) is 140 Å². The molecule has 0 aliphatic rings. The van der Waals surface area contributed by atoms with Crippen LogP contribution in [0.5, 0.6) is 0 Å². The first-order chi connectivity index (χ1) is 21.6. The van der Waals surface area contributed by atoms with Gasteiger partial charge in [0.05, 0.1) is 21.2 Å². The van der Waals surface area contributed by atoms with Crippen LogP contribution in [0, 0.1) is 0 Å². The summed E-state index contributed by atoms with van der Waals surface area (Å²) in [7, 11) is 1.31. The minimum absolute atomic E-state index is 0.0228. The Hall–Kier alpha value is -4.02. The SMILES string of the molecule is CN(C(=O)c1cc(C(F)(F)F)cc(C(F)(F)F)c1)C(CCC(=O)NCc1ccc(Cl)c(Cl)c1)C(c1ccccc1)c1ccccc1. The lowest BCUT2D eigenvalue weighted by molar-refractivity contribution is -0.143. The molecule has 4 nitrogen and oxygen atoms in total. The van der Waals surface area contributed by atoms with Gasteiger partial charge in [0.25, 0.3) is 5.91 Å². The fourth-order valence-electron chi connectivity index (χ4n) is 5.19. The molecule has 0 saturated carbocycles. The number of nitrogens with zero attached hydrogens (tertiary/aromatic N) is 1. The van der Waals surface area contributed by atoms with Crippen molar-refractivity contribution >= 4 is 35.0 Å². The van der Waals surface area contributed by atoms with E-state index in [9.17, 15) is 35.9 Å². The van der Waals surface area contributed by atoms with Gasteiger partial charge in [0.2, 0.25) is 5.91 Å². The average molecular weight is 682 g/mol. The molecule has 0 heterocycles. The summed E-state index contributed by atoms with van der Waals surface area (Å²) in [6, 6.07) is 22.7. The molecule has 46 heavy (non-hydrogen) atoms. The van der Waals surface area contributed by atoms with Crippen LogP contribution in [0.2, 0.25) is 10.0 Å². The molecule has 4 aromatic carbocycles. The van der Waals surface area contributed by atoms with E-state index in [-0.39, 0.29) is 25.5 Å². The lowest BCUT2D eigenvalue weighted by Gasteiger charge is -2.36. The van der Waals surface area contributed by atoms with Crippen molar-refractivity contribution in [1.82, 2.24) is 10.2 Å². The standard InChI is InChI=1S/C34H28Cl2F6N2O2/c1-44(32(46)24-17-25(33(37,38)39)19-26(18-24)34(40,41)42)29(14-15-30(45)43-20-21-12-13-27(35)28(36)16-21)31(22-8-4-2-5-9-22)23-10-6-3-7-11-23/h2-13,16-19,29,31H,14-15,20H2,1H3,(H,43,45). The van der Waals surface area contributed by atoms with Crippen LogP contribution in [-0.2, 0) is 23.7 Å². The monoisotopic (exact) mass is 680 g/mol. The molecule has 0 aromatic heterocycles. The van der Waals surface area contributed by atoms with Crippen LogP contribution in [0.3, 0.4) is 0 Å². The molecule has 2 amide bonds. The normalized spacial score (nSPS) is 12.6. The van der Waals surface area contributed by atoms with Crippen LogP contribution in [0.4, 0.5) is 26.3 Å². The molecule has 12 heteroatoms. The van der Waals surface area contributed by atoms with E-state index < -0.39 is 52.8 Å².